The second-order valence-electron chi connectivity index (χ2n) is 9.95. The SMILES string of the molecule is C[C@H](CO[Si](C)(C)C(C)(C)C)[C@H]1OC(C)(C)O[C@H]1C(C)(C)/C(C#N)=C/O. The Hall–Kier alpha value is -0.873. The molecule has 5 nitrogen and oxygen atoms in total. The minimum atomic E-state index is -1.86. The number of nitrogens with zero attached hydrogens (tertiary/aromatic N) is 1. The van der Waals surface area contributed by atoms with E-state index in [0.29, 0.717) is 6.61 Å². The molecule has 1 rings (SSSR count). The lowest BCUT2D eigenvalue weighted by molar-refractivity contribution is -0.156. The van der Waals surface area contributed by atoms with Crippen molar-refractivity contribution in [1.82, 2.24) is 0 Å². The summed E-state index contributed by atoms with van der Waals surface area (Å²) in [6, 6.07) is 2.08. The Morgan fingerprint density at radius 2 is 1.81 bits per heavy atom. The number of ether oxygens (including phenoxy) is 2. The van der Waals surface area contributed by atoms with Crippen molar-refractivity contribution in [2.45, 2.75) is 91.5 Å². The molecule has 1 fully saturated rings. The first-order valence-electron chi connectivity index (χ1n) is 9.33. The topological polar surface area (TPSA) is 71.7 Å². The summed E-state index contributed by atoms with van der Waals surface area (Å²) in [6.07, 6.45) is 0.296. The second kappa shape index (κ2) is 7.63. The van der Waals surface area contributed by atoms with Crippen LogP contribution >= 0.6 is 0 Å². The molecule has 3 atom stereocenters. The summed E-state index contributed by atoms with van der Waals surface area (Å²) in [5, 5.41) is 19.0. The van der Waals surface area contributed by atoms with Gasteiger partial charge in [-0.05, 0) is 32.0 Å². The van der Waals surface area contributed by atoms with Gasteiger partial charge in [0.2, 0.25) is 0 Å². The van der Waals surface area contributed by atoms with Crippen LogP contribution in [0.2, 0.25) is 18.1 Å². The average Bonchev–Trinajstić information content (AvgIpc) is 2.81. The first-order valence-corrected chi connectivity index (χ1v) is 12.2. The van der Waals surface area contributed by atoms with E-state index in [0.717, 1.165) is 6.26 Å². The minimum absolute atomic E-state index is 0.0915. The molecule has 0 bridgehead atoms. The molecule has 150 valence electrons. The lowest BCUT2D eigenvalue weighted by atomic mass is 9.75. The zero-order valence-electron chi connectivity index (χ0n) is 18.1. The Morgan fingerprint density at radius 3 is 2.23 bits per heavy atom. The van der Waals surface area contributed by atoms with Gasteiger partial charge in [-0.3, -0.25) is 0 Å². The average molecular weight is 384 g/mol. The molecule has 26 heavy (non-hydrogen) atoms. The molecular formula is C20H37NO4Si. The van der Waals surface area contributed by atoms with Gasteiger partial charge in [0, 0.05) is 17.9 Å². The van der Waals surface area contributed by atoms with E-state index in [1.165, 1.54) is 0 Å². The van der Waals surface area contributed by atoms with Crippen LogP contribution in [-0.4, -0.2) is 38.0 Å². The third-order valence-corrected chi connectivity index (χ3v) is 10.4. The van der Waals surface area contributed by atoms with Crippen molar-refractivity contribution < 1.29 is 19.0 Å². The fourth-order valence-electron chi connectivity index (χ4n) is 2.91. The summed E-state index contributed by atoms with van der Waals surface area (Å²) >= 11 is 0. The number of aliphatic hydroxyl groups is 1. The largest absolute Gasteiger partial charge is 0.515 e. The lowest BCUT2D eigenvalue weighted by Crippen LogP contribution is -2.46. The molecule has 0 spiro atoms. The van der Waals surface area contributed by atoms with Crippen molar-refractivity contribution in [1.29, 1.82) is 5.26 Å². The predicted octanol–water partition coefficient (Wildman–Crippen LogP) is 5.16. The van der Waals surface area contributed by atoms with E-state index in [2.05, 4.69) is 46.9 Å². The first kappa shape index (κ1) is 23.2. The monoisotopic (exact) mass is 383 g/mol. The number of nitriles is 1. The summed E-state index contributed by atoms with van der Waals surface area (Å²) in [6.45, 7) is 21.4. The molecule has 1 aliphatic heterocycles. The van der Waals surface area contributed by atoms with E-state index in [-0.39, 0.29) is 28.7 Å². The van der Waals surface area contributed by atoms with Gasteiger partial charge in [-0.2, -0.15) is 5.26 Å². The molecular weight excluding hydrogens is 346 g/mol. The zero-order chi connectivity index (χ0) is 20.6. The summed E-state index contributed by atoms with van der Waals surface area (Å²) in [5.41, 5.74) is -0.390. The quantitative estimate of drug-likeness (QED) is 0.390. The van der Waals surface area contributed by atoms with E-state index in [1.54, 1.807) is 0 Å². The first-order chi connectivity index (χ1) is 11.6. The van der Waals surface area contributed by atoms with Gasteiger partial charge < -0.3 is 19.0 Å². The van der Waals surface area contributed by atoms with Gasteiger partial charge in [-0.1, -0.05) is 41.5 Å². The van der Waals surface area contributed by atoms with Crippen molar-refractivity contribution in [2.24, 2.45) is 11.3 Å². The van der Waals surface area contributed by atoms with Crippen LogP contribution in [0.15, 0.2) is 11.8 Å². The molecule has 1 aliphatic rings. The lowest BCUT2D eigenvalue weighted by Gasteiger charge is -2.39. The Bertz CT molecular complexity index is 569. The summed E-state index contributed by atoms with van der Waals surface area (Å²) in [7, 11) is -1.86. The number of rotatable bonds is 6. The molecule has 0 aromatic heterocycles. The van der Waals surface area contributed by atoms with Crippen LogP contribution in [0.4, 0.5) is 0 Å². The van der Waals surface area contributed by atoms with Gasteiger partial charge in [0.15, 0.2) is 14.1 Å². The van der Waals surface area contributed by atoms with Gasteiger partial charge >= 0.3 is 0 Å². The maximum Gasteiger partial charge on any atom is 0.191 e. The van der Waals surface area contributed by atoms with Crippen LogP contribution in [0.3, 0.4) is 0 Å². The fourth-order valence-corrected chi connectivity index (χ4v) is 4.02. The molecule has 1 N–H and O–H groups in total. The van der Waals surface area contributed by atoms with Gasteiger partial charge in [0.05, 0.1) is 30.1 Å². The van der Waals surface area contributed by atoms with Crippen LogP contribution in [0.25, 0.3) is 0 Å². The standard InChI is InChI=1S/C20H37NO4Si/c1-14(13-23-26(9,10)18(2,3)4)16-17(25-20(7,8)24-16)19(5,6)15(11-21)12-22/h12,14,16-17,22H,13H2,1-10H3/b15-12+/t14-,16-,17-/m1/s1. The Morgan fingerprint density at radius 1 is 1.27 bits per heavy atom. The molecule has 6 heteroatoms. The van der Waals surface area contributed by atoms with Gasteiger partial charge in [0.1, 0.15) is 0 Å². The van der Waals surface area contributed by atoms with Crippen LogP contribution < -0.4 is 0 Å². The highest BCUT2D eigenvalue weighted by Gasteiger charge is 2.52. The molecule has 0 radical (unpaired) electrons. The van der Waals surface area contributed by atoms with E-state index < -0.39 is 19.5 Å². The fraction of sp³-hybridized carbons (Fsp3) is 0.850. The van der Waals surface area contributed by atoms with Crippen molar-refractivity contribution in [3.63, 3.8) is 0 Å². The van der Waals surface area contributed by atoms with Crippen LogP contribution in [0, 0.1) is 22.7 Å². The molecule has 0 unspecified atom stereocenters. The number of hydrogen-bond acceptors (Lipinski definition) is 5. The molecule has 0 aromatic rings. The summed E-state index contributed by atoms with van der Waals surface area (Å²) in [5.74, 6) is -0.651. The van der Waals surface area contributed by atoms with Crippen molar-refractivity contribution >= 4 is 8.32 Å². The number of hydrogen-bond donors (Lipinski definition) is 1. The van der Waals surface area contributed by atoms with Crippen LogP contribution in [-0.2, 0) is 13.9 Å². The Kier molecular flexibility index (Phi) is 6.80. The minimum Gasteiger partial charge on any atom is -0.515 e. The molecule has 0 saturated carbocycles. The maximum absolute atomic E-state index is 9.48. The van der Waals surface area contributed by atoms with E-state index in [1.807, 2.05) is 27.7 Å². The third kappa shape index (κ3) is 4.89. The Labute approximate surface area is 160 Å². The van der Waals surface area contributed by atoms with Gasteiger partial charge in [0.25, 0.3) is 0 Å². The third-order valence-electron chi connectivity index (χ3n) is 5.86. The van der Waals surface area contributed by atoms with Gasteiger partial charge in [-0.25, -0.2) is 0 Å². The zero-order valence-corrected chi connectivity index (χ0v) is 19.1. The molecule has 1 saturated heterocycles. The van der Waals surface area contributed by atoms with Crippen molar-refractivity contribution in [3.05, 3.63) is 11.8 Å². The van der Waals surface area contributed by atoms with Crippen LogP contribution in [0.1, 0.15) is 55.4 Å². The summed E-state index contributed by atoms with van der Waals surface area (Å²) < 4.78 is 18.7. The van der Waals surface area contributed by atoms with Crippen molar-refractivity contribution in [3.8, 4) is 6.07 Å². The molecule has 0 amide bonds. The predicted molar refractivity (Wildman–Crippen MR) is 106 cm³/mol. The second-order valence-corrected chi connectivity index (χ2v) is 14.8. The van der Waals surface area contributed by atoms with Crippen molar-refractivity contribution in [2.75, 3.05) is 6.61 Å². The molecule has 0 aromatic carbocycles. The van der Waals surface area contributed by atoms with E-state index in [9.17, 15) is 10.4 Å². The molecule has 1 heterocycles. The van der Waals surface area contributed by atoms with Gasteiger partial charge in [-0.15, -0.1) is 0 Å². The van der Waals surface area contributed by atoms with Crippen LogP contribution in [0.5, 0.6) is 0 Å². The number of aliphatic hydroxyl groups excluding tert-OH is 1. The smallest absolute Gasteiger partial charge is 0.191 e. The molecule has 0 aliphatic carbocycles. The summed E-state index contributed by atoms with van der Waals surface area (Å²) in [4.78, 5) is 0. The van der Waals surface area contributed by atoms with E-state index >= 15 is 0 Å². The highest BCUT2D eigenvalue weighted by Crippen LogP contribution is 2.45. The highest BCUT2D eigenvalue weighted by molar-refractivity contribution is 6.74. The Balaban J connectivity index is 3.03. The maximum atomic E-state index is 9.48. The highest BCUT2D eigenvalue weighted by atomic mass is 28.4. The van der Waals surface area contributed by atoms with E-state index in [4.69, 9.17) is 13.9 Å². The normalized spacial score (nSPS) is 25.8.